The summed E-state index contributed by atoms with van der Waals surface area (Å²) in [5, 5.41) is 8.96. The number of hydrogen-bond donors (Lipinski definition) is 1. The molecule has 1 aromatic heterocycles. The number of alkyl halides is 3. The van der Waals surface area contributed by atoms with Crippen molar-refractivity contribution in [2.45, 2.75) is 24.0 Å². The predicted molar refractivity (Wildman–Crippen MR) is 76.1 cm³/mol. The van der Waals surface area contributed by atoms with Gasteiger partial charge < -0.3 is 5.11 Å². The highest BCUT2D eigenvalue weighted by Gasteiger charge is 2.35. The second-order valence-electron chi connectivity index (χ2n) is 5.35. The third-order valence-electron chi connectivity index (χ3n) is 3.78. The Morgan fingerprint density at radius 1 is 1.35 bits per heavy atom. The minimum absolute atomic E-state index is 0.0140. The van der Waals surface area contributed by atoms with E-state index >= 15 is 0 Å². The highest BCUT2D eigenvalue weighted by molar-refractivity contribution is 7.89. The van der Waals surface area contributed by atoms with E-state index < -0.39 is 21.9 Å². The van der Waals surface area contributed by atoms with Crippen LogP contribution in [0.5, 0.6) is 0 Å². The normalized spacial score (nSPS) is 21.5. The zero-order chi connectivity index (χ0) is 17.3. The van der Waals surface area contributed by atoms with Gasteiger partial charge in [0.25, 0.3) is 0 Å². The van der Waals surface area contributed by atoms with Crippen molar-refractivity contribution in [3.63, 3.8) is 0 Å². The molecule has 1 atom stereocenters. The summed E-state index contributed by atoms with van der Waals surface area (Å²) in [6.07, 6.45) is -3.87. The maximum atomic E-state index is 12.5. The number of pyridine rings is 1. The predicted octanol–water partition coefficient (Wildman–Crippen LogP) is 0.788. The number of sulfonamides is 1. The molecular weight excluding hydrogens is 335 g/mol. The molecule has 1 aliphatic rings. The number of nitrogens with zero attached hydrogens (tertiary/aromatic N) is 3. The maximum Gasteiger partial charge on any atom is 0.433 e. The molecule has 0 unspecified atom stereocenters. The largest absolute Gasteiger partial charge is 0.433 e. The van der Waals surface area contributed by atoms with Crippen molar-refractivity contribution in [2.24, 2.45) is 0 Å². The summed E-state index contributed by atoms with van der Waals surface area (Å²) in [4.78, 5) is 4.90. The molecular formula is C13H18F3N3O3S. The van der Waals surface area contributed by atoms with Crippen molar-refractivity contribution in [3.8, 4) is 0 Å². The number of hydrogen-bond acceptors (Lipinski definition) is 5. The highest BCUT2D eigenvalue weighted by atomic mass is 32.2. The van der Waals surface area contributed by atoms with Gasteiger partial charge in [-0.2, -0.15) is 17.5 Å². The molecule has 130 valence electrons. The molecule has 0 bridgehead atoms. The number of aliphatic hydroxyl groups is 1. The van der Waals surface area contributed by atoms with Gasteiger partial charge in [0.05, 0.1) is 6.61 Å². The molecule has 10 heteroatoms. The van der Waals surface area contributed by atoms with Gasteiger partial charge in [-0.25, -0.2) is 8.42 Å². The SMILES string of the molecule is C[C@@H]1CN(S(=O)(=O)c2ccc(C(F)(F)F)nc2)CCN1CCO. The summed E-state index contributed by atoms with van der Waals surface area (Å²) in [6, 6.07) is 1.50. The van der Waals surface area contributed by atoms with Crippen molar-refractivity contribution in [3.05, 3.63) is 24.0 Å². The molecule has 1 saturated heterocycles. The maximum absolute atomic E-state index is 12.5. The van der Waals surface area contributed by atoms with Crippen LogP contribution < -0.4 is 0 Å². The molecule has 6 nitrogen and oxygen atoms in total. The van der Waals surface area contributed by atoms with Crippen LogP contribution in [0.25, 0.3) is 0 Å². The van der Waals surface area contributed by atoms with E-state index in [0.29, 0.717) is 19.2 Å². The Morgan fingerprint density at radius 3 is 2.52 bits per heavy atom. The number of β-amino-alcohol motifs (C(OH)–C–C–N with tert-alkyl or cyclic N) is 1. The van der Waals surface area contributed by atoms with E-state index in [1.54, 1.807) is 0 Å². The molecule has 0 aromatic carbocycles. The van der Waals surface area contributed by atoms with Crippen molar-refractivity contribution in [1.82, 2.24) is 14.2 Å². The fraction of sp³-hybridized carbons (Fsp3) is 0.615. The molecule has 0 aliphatic carbocycles. The number of piperazine rings is 1. The van der Waals surface area contributed by atoms with Gasteiger partial charge >= 0.3 is 6.18 Å². The van der Waals surface area contributed by atoms with Crippen molar-refractivity contribution >= 4 is 10.0 Å². The standard InChI is InChI=1S/C13H18F3N3O3S/c1-10-9-19(5-4-18(10)6-7-20)23(21,22)11-2-3-12(17-8-11)13(14,15)16/h2-3,8,10,20H,4-7,9H2,1H3/t10-/m1/s1. The molecule has 1 N–H and O–H groups in total. The van der Waals surface area contributed by atoms with Gasteiger partial charge in [-0.05, 0) is 19.1 Å². The van der Waals surface area contributed by atoms with Crippen LogP contribution in [0.1, 0.15) is 12.6 Å². The summed E-state index contributed by atoms with van der Waals surface area (Å²) < 4.78 is 63.7. The molecule has 0 saturated carbocycles. The Balaban J connectivity index is 2.16. The van der Waals surface area contributed by atoms with E-state index in [4.69, 9.17) is 5.11 Å². The Labute approximate surface area is 132 Å². The number of aromatic nitrogens is 1. The fourth-order valence-corrected chi connectivity index (χ4v) is 3.95. The van der Waals surface area contributed by atoms with E-state index in [1.807, 2.05) is 11.8 Å². The number of aliphatic hydroxyl groups excluding tert-OH is 1. The second-order valence-corrected chi connectivity index (χ2v) is 7.29. The minimum Gasteiger partial charge on any atom is -0.395 e. The van der Waals surface area contributed by atoms with E-state index in [0.717, 1.165) is 12.3 Å². The third kappa shape index (κ3) is 4.00. The van der Waals surface area contributed by atoms with Crippen LogP contribution >= 0.6 is 0 Å². The Bertz CT molecular complexity index is 634. The second kappa shape index (κ2) is 6.71. The lowest BCUT2D eigenvalue weighted by Gasteiger charge is -2.38. The molecule has 2 rings (SSSR count). The van der Waals surface area contributed by atoms with E-state index in [2.05, 4.69) is 4.98 Å². The zero-order valence-corrected chi connectivity index (χ0v) is 13.3. The Morgan fingerprint density at radius 2 is 2.04 bits per heavy atom. The topological polar surface area (TPSA) is 73.7 Å². The number of halogens is 3. The molecule has 2 heterocycles. The summed E-state index contributed by atoms with van der Waals surface area (Å²) in [5.41, 5.74) is -1.13. The average Bonchev–Trinajstić information content (AvgIpc) is 2.48. The van der Waals surface area contributed by atoms with Crippen LogP contribution in [0.3, 0.4) is 0 Å². The van der Waals surface area contributed by atoms with Crippen LogP contribution in [0.15, 0.2) is 23.2 Å². The Hall–Kier alpha value is -1.23. The van der Waals surface area contributed by atoms with Crippen LogP contribution in [0.4, 0.5) is 13.2 Å². The molecule has 0 amide bonds. The van der Waals surface area contributed by atoms with Crippen molar-refractivity contribution < 1.29 is 26.7 Å². The summed E-state index contributed by atoms with van der Waals surface area (Å²) in [7, 11) is -3.88. The van der Waals surface area contributed by atoms with Gasteiger partial charge in [0.15, 0.2) is 0 Å². The highest BCUT2D eigenvalue weighted by Crippen LogP contribution is 2.28. The molecule has 0 radical (unpaired) electrons. The molecule has 1 aliphatic heterocycles. The molecule has 0 spiro atoms. The van der Waals surface area contributed by atoms with Crippen LogP contribution in [-0.4, -0.2) is 66.5 Å². The van der Waals surface area contributed by atoms with Gasteiger partial charge in [-0.15, -0.1) is 0 Å². The van der Waals surface area contributed by atoms with E-state index in [-0.39, 0.29) is 30.6 Å². The Kier molecular flexibility index (Phi) is 5.29. The van der Waals surface area contributed by atoms with Crippen LogP contribution in [0, 0.1) is 0 Å². The molecule has 1 fully saturated rings. The molecule has 23 heavy (non-hydrogen) atoms. The zero-order valence-electron chi connectivity index (χ0n) is 12.5. The third-order valence-corrected chi connectivity index (χ3v) is 5.63. The summed E-state index contributed by atoms with van der Waals surface area (Å²) in [5.74, 6) is 0. The number of rotatable bonds is 4. The quantitative estimate of drug-likeness (QED) is 0.866. The van der Waals surface area contributed by atoms with Gasteiger partial charge in [0.2, 0.25) is 10.0 Å². The minimum atomic E-state index is -4.60. The van der Waals surface area contributed by atoms with Gasteiger partial charge in [-0.1, -0.05) is 0 Å². The first-order chi connectivity index (χ1) is 10.7. The lowest BCUT2D eigenvalue weighted by Crippen LogP contribution is -2.54. The smallest absolute Gasteiger partial charge is 0.395 e. The van der Waals surface area contributed by atoms with E-state index in [9.17, 15) is 21.6 Å². The molecule has 1 aromatic rings. The van der Waals surface area contributed by atoms with Crippen LogP contribution in [0.2, 0.25) is 0 Å². The first kappa shape index (κ1) is 18.1. The van der Waals surface area contributed by atoms with Crippen LogP contribution in [-0.2, 0) is 16.2 Å². The van der Waals surface area contributed by atoms with Gasteiger partial charge in [-0.3, -0.25) is 9.88 Å². The first-order valence-corrected chi connectivity index (χ1v) is 8.48. The summed E-state index contributed by atoms with van der Waals surface area (Å²) >= 11 is 0. The van der Waals surface area contributed by atoms with E-state index in [1.165, 1.54) is 4.31 Å². The lowest BCUT2D eigenvalue weighted by atomic mass is 10.2. The summed E-state index contributed by atoms with van der Waals surface area (Å²) in [6.45, 7) is 3.16. The van der Waals surface area contributed by atoms with Crippen molar-refractivity contribution in [2.75, 3.05) is 32.8 Å². The monoisotopic (exact) mass is 353 g/mol. The van der Waals surface area contributed by atoms with Gasteiger partial charge in [0.1, 0.15) is 10.6 Å². The fourth-order valence-electron chi connectivity index (χ4n) is 2.49. The first-order valence-electron chi connectivity index (χ1n) is 7.04. The van der Waals surface area contributed by atoms with Crippen molar-refractivity contribution in [1.29, 1.82) is 0 Å². The average molecular weight is 353 g/mol. The van der Waals surface area contributed by atoms with Gasteiger partial charge in [0, 0.05) is 38.4 Å². The lowest BCUT2D eigenvalue weighted by molar-refractivity contribution is -0.141.